The van der Waals surface area contributed by atoms with E-state index in [9.17, 15) is 4.79 Å². The van der Waals surface area contributed by atoms with Gasteiger partial charge in [-0.15, -0.1) is 0 Å². The molecular formula is C12H13NO. The maximum Gasteiger partial charge on any atom is 0.229 e. The molecule has 72 valence electrons. The van der Waals surface area contributed by atoms with Crippen molar-refractivity contribution in [3.05, 3.63) is 35.4 Å². The predicted molar refractivity (Wildman–Crippen MR) is 56.5 cm³/mol. The standard InChI is InChI=1S/C12H13NO/c1-2-10-6-3-4-7-11(10)8-5-9-12(13)14/h3-4,6-7H,2,9H2,1H3,(H2,13,14). The van der Waals surface area contributed by atoms with E-state index in [1.54, 1.807) is 0 Å². The zero-order valence-electron chi connectivity index (χ0n) is 8.21. The van der Waals surface area contributed by atoms with Crippen LogP contribution in [0.5, 0.6) is 0 Å². The second-order valence-electron chi connectivity index (χ2n) is 2.96. The maximum absolute atomic E-state index is 10.5. The molecule has 2 N–H and O–H groups in total. The zero-order valence-corrected chi connectivity index (χ0v) is 8.21. The highest BCUT2D eigenvalue weighted by Gasteiger charge is 1.94. The Bertz CT molecular complexity index is 385. The van der Waals surface area contributed by atoms with Crippen LogP contribution in [0.25, 0.3) is 0 Å². The van der Waals surface area contributed by atoms with Gasteiger partial charge in [0.1, 0.15) is 0 Å². The molecule has 0 saturated carbocycles. The Morgan fingerprint density at radius 1 is 1.43 bits per heavy atom. The van der Waals surface area contributed by atoms with E-state index in [1.807, 2.05) is 24.3 Å². The molecule has 1 aromatic rings. The van der Waals surface area contributed by atoms with Gasteiger partial charge in [-0.2, -0.15) is 0 Å². The molecule has 0 aliphatic heterocycles. The van der Waals surface area contributed by atoms with Crippen LogP contribution in [-0.4, -0.2) is 5.91 Å². The van der Waals surface area contributed by atoms with Gasteiger partial charge in [0.25, 0.3) is 0 Å². The van der Waals surface area contributed by atoms with Crippen molar-refractivity contribution in [2.75, 3.05) is 0 Å². The molecule has 0 radical (unpaired) electrons. The summed E-state index contributed by atoms with van der Waals surface area (Å²) in [7, 11) is 0. The smallest absolute Gasteiger partial charge is 0.229 e. The third kappa shape index (κ3) is 2.95. The van der Waals surface area contributed by atoms with Gasteiger partial charge >= 0.3 is 0 Å². The van der Waals surface area contributed by atoms with Crippen molar-refractivity contribution in [1.82, 2.24) is 0 Å². The van der Waals surface area contributed by atoms with Crippen molar-refractivity contribution in [1.29, 1.82) is 0 Å². The van der Waals surface area contributed by atoms with Gasteiger partial charge in [0, 0.05) is 5.56 Å². The summed E-state index contributed by atoms with van der Waals surface area (Å²) in [5.74, 6) is 5.31. The van der Waals surface area contributed by atoms with E-state index in [2.05, 4.69) is 18.8 Å². The summed E-state index contributed by atoms with van der Waals surface area (Å²) in [5.41, 5.74) is 7.17. The van der Waals surface area contributed by atoms with Gasteiger partial charge in [-0.1, -0.05) is 37.0 Å². The number of carbonyl (C=O) groups is 1. The second kappa shape index (κ2) is 5.08. The van der Waals surface area contributed by atoms with Crippen LogP contribution in [0, 0.1) is 11.8 Å². The summed E-state index contributed by atoms with van der Waals surface area (Å²) >= 11 is 0. The monoisotopic (exact) mass is 187 g/mol. The van der Waals surface area contributed by atoms with Crippen LogP contribution in [-0.2, 0) is 11.2 Å². The summed E-state index contributed by atoms with van der Waals surface area (Å²) in [6, 6.07) is 7.91. The molecule has 0 atom stereocenters. The van der Waals surface area contributed by atoms with E-state index < -0.39 is 0 Å². The van der Waals surface area contributed by atoms with Crippen molar-refractivity contribution in [3.63, 3.8) is 0 Å². The van der Waals surface area contributed by atoms with Crippen LogP contribution in [0.15, 0.2) is 24.3 Å². The zero-order chi connectivity index (χ0) is 10.4. The molecule has 0 spiro atoms. The average Bonchev–Trinajstić information content (AvgIpc) is 2.18. The van der Waals surface area contributed by atoms with Gasteiger partial charge < -0.3 is 5.73 Å². The van der Waals surface area contributed by atoms with Crippen molar-refractivity contribution in [2.45, 2.75) is 19.8 Å². The Morgan fingerprint density at radius 3 is 2.79 bits per heavy atom. The number of amides is 1. The lowest BCUT2D eigenvalue weighted by Crippen LogP contribution is -2.08. The molecular weight excluding hydrogens is 174 g/mol. The highest BCUT2D eigenvalue weighted by Crippen LogP contribution is 2.07. The number of benzene rings is 1. The summed E-state index contributed by atoms with van der Waals surface area (Å²) in [6.07, 6.45) is 1.07. The van der Waals surface area contributed by atoms with Gasteiger partial charge in [-0.05, 0) is 18.1 Å². The first-order valence-corrected chi connectivity index (χ1v) is 4.59. The molecule has 0 aliphatic carbocycles. The Hall–Kier alpha value is -1.75. The fraction of sp³-hybridized carbons (Fsp3) is 0.250. The molecule has 0 aliphatic rings. The van der Waals surface area contributed by atoms with E-state index in [0.29, 0.717) is 0 Å². The fourth-order valence-corrected chi connectivity index (χ4v) is 1.18. The van der Waals surface area contributed by atoms with Crippen LogP contribution in [0.4, 0.5) is 0 Å². The number of carbonyl (C=O) groups excluding carboxylic acids is 1. The molecule has 2 heteroatoms. The molecule has 0 fully saturated rings. The molecule has 0 saturated heterocycles. The lowest BCUT2D eigenvalue weighted by Gasteiger charge is -1.98. The molecule has 14 heavy (non-hydrogen) atoms. The molecule has 1 rings (SSSR count). The third-order valence-electron chi connectivity index (χ3n) is 1.88. The van der Waals surface area contributed by atoms with Gasteiger partial charge in [0.05, 0.1) is 6.42 Å². The van der Waals surface area contributed by atoms with Crippen LogP contribution in [0.2, 0.25) is 0 Å². The minimum Gasteiger partial charge on any atom is -0.369 e. The number of nitrogens with two attached hydrogens (primary N) is 1. The summed E-state index contributed by atoms with van der Waals surface area (Å²) in [6.45, 7) is 2.08. The number of hydrogen-bond acceptors (Lipinski definition) is 1. The first-order valence-electron chi connectivity index (χ1n) is 4.59. The van der Waals surface area contributed by atoms with Crippen molar-refractivity contribution < 1.29 is 4.79 Å². The Kier molecular flexibility index (Phi) is 3.75. The first kappa shape index (κ1) is 10.3. The highest BCUT2D eigenvalue weighted by molar-refractivity contribution is 5.76. The lowest BCUT2D eigenvalue weighted by molar-refractivity contribution is -0.117. The van der Waals surface area contributed by atoms with Crippen molar-refractivity contribution in [2.24, 2.45) is 5.73 Å². The van der Waals surface area contributed by atoms with E-state index in [4.69, 9.17) is 5.73 Å². The predicted octanol–water partition coefficient (Wildman–Crippen LogP) is 1.48. The van der Waals surface area contributed by atoms with Crippen LogP contribution in [0.1, 0.15) is 24.5 Å². The fourth-order valence-electron chi connectivity index (χ4n) is 1.18. The molecule has 0 bridgehead atoms. The summed E-state index contributed by atoms with van der Waals surface area (Å²) < 4.78 is 0. The van der Waals surface area contributed by atoms with E-state index in [1.165, 1.54) is 5.56 Å². The Morgan fingerprint density at radius 2 is 2.14 bits per heavy atom. The molecule has 0 aromatic heterocycles. The van der Waals surface area contributed by atoms with E-state index >= 15 is 0 Å². The molecule has 2 nitrogen and oxygen atoms in total. The van der Waals surface area contributed by atoms with Crippen molar-refractivity contribution in [3.8, 4) is 11.8 Å². The van der Waals surface area contributed by atoms with Crippen LogP contribution >= 0.6 is 0 Å². The second-order valence-corrected chi connectivity index (χ2v) is 2.96. The molecule has 0 heterocycles. The van der Waals surface area contributed by atoms with Gasteiger partial charge in [-0.3, -0.25) is 4.79 Å². The molecule has 1 aromatic carbocycles. The SMILES string of the molecule is CCc1ccccc1C#CCC(N)=O. The number of hydrogen-bond donors (Lipinski definition) is 1. The highest BCUT2D eigenvalue weighted by atomic mass is 16.1. The summed E-state index contributed by atoms with van der Waals surface area (Å²) in [4.78, 5) is 10.5. The minimum atomic E-state index is -0.383. The van der Waals surface area contributed by atoms with Crippen molar-refractivity contribution >= 4 is 5.91 Å². The third-order valence-corrected chi connectivity index (χ3v) is 1.88. The molecule has 1 amide bonds. The topological polar surface area (TPSA) is 43.1 Å². The number of rotatable bonds is 2. The largest absolute Gasteiger partial charge is 0.369 e. The number of primary amides is 1. The maximum atomic E-state index is 10.5. The first-order chi connectivity index (χ1) is 6.74. The van der Waals surface area contributed by atoms with E-state index in [-0.39, 0.29) is 12.3 Å². The summed E-state index contributed by atoms with van der Waals surface area (Å²) in [5, 5.41) is 0. The van der Waals surface area contributed by atoms with Crippen LogP contribution < -0.4 is 5.73 Å². The Balaban J connectivity index is 2.83. The Labute approximate surface area is 84.1 Å². The molecule has 0 unspecified atom stereocenters. The average molecular weight is 187 g/mol. The van der Waals surface area contributed by atoms with E-state index in [0.717, 1.165) is 12.0 Å². The normalized spacial score (nSPS) is 8.93. The number of aryl methyl sites for hydroxylation is 1. The van der Waals surface area contributed by atoms with Crippen LogP contribution in [0.3, 0.4) is 0 Å². The lowest BCUT2D eigenvalue weighted by atomic mass is 10.1. The van der Waals surface area contributed by atoms with Gasteiger partial charge in [0.15, 0.2) is 0 Å². The van der Waals surface area contributed by atoms with Gasteiger partial charge in [-0.25, -0.2) is 0 Å². The quantitative estimate of drug-likeness (QED) is 0.700. The van der Waals surface area contributed by atoms with Gasteiger partial charge in [0.2, 0.25) is 5.91 Å². The minimum absolute atomic E-state index is 0.123.